The summed E-state index contributed by atoms with van der Waals surface area (Å²) in [5, 5.41) is 8.03. The van der Waals surface area contributed by atoms with Crippen LogP contribution in [0.3, 0.4) is 0 Å². The van der Waals surface area contributed by atoms with Crippen molar-refractivity contribution in [3.8, 4) is 0 Å². The quantitative estimate of drug-likeness (QED) is 0.273. The average Bonchev–Trinajstić information content (AvgIpc) is 3.36. The fourth-order valence-corrected chi connectivity index (χ4v) is 5.44. The van der Waals surface area contributed by atoms with Gasteiger partial charge in [0.1, 0.15) is 10.7 Å². The minimum atomic E-state index is -0.294. The number of amides is 1. The number of rotatable bonds is 6. The molecule has 0 atom stereocenters. The molecular formula is C25H23Cl3N8OS. The number of thiazole rings is 1. The molecule has 0 unspecified atom stereocenters. The lowest BCUT2D eigenvalue weighted by Crippen LogP contribution is -2.47. The van der Waals surface area contributed by atoms with Gasteiger partial charge in [0.05, 0.1) is 32.6 Å². The number of aryl methyl sites for hydroxylation is 2. The number of benzene rings is 2. The van der Waals surface area contributed by atoms with Crippen LogP contribution in [0.15, 0.2) is 42.6 Å². The number of nitrogens with one attached hydrogen (secondary N) is 2. The highest BCUT2D eigenvalue weighted by Crippen LogP contribution is 2.33. The van der Waals surface area contributed by atoms with Gasteiger partial charge in [0.15, 0.2) is 5.13 Å². The molecule has 1 aliphatic heterocycles. The van der Waals surface area contributed by atoms with Crippen molar-refractivity contribution >= 4 is 80.4 Å². The topological polar surface area (TPSA) is 99.2 Å². The van der Waals surface area contributed by atoms with Crippen molar-refractivity contribution in [2.75, 3.05) is 46.6 Å². The van der Waals surface area contributed by atoms with Crippen molar-refractivity contribution in [2.45, 2.75) is 13.8 Å². The van der Waals surface area contributed by atoms with Crippen molar-refractivity contribution in [3.63, 3.8) is 0 Å². The van der Waals surface area contributed by atoms with E-state index in [-0.39, 0.29) is 5.91 Å². The highest BCUT2D eigenvalue weighted by molar-refractivity contribution is 7.17. The van der Waals surface area contributed by atoms with Gasteiger partial charge in [-0.15, -0.1) is 0 Å². The molecule has 0 radical (unpaired) electrons. The number of nitrogens with zero attached hydrogens (tertiary/aromatic N) is 6. The molecule has 2 aromatic carbocycles. The monoisotopic (exact) mass is 588 g/mol. The maximum atomic E-state index is 12.8. The van der Waals surface area contributed by atoms with Gasteiger partial charge in [0.25, 0.3) is 5.91 Å². The molecule has 1 saturated heterocycles. The van der Waals surface area contributed by atoms with Crippen LogP contribution in [0.5, 0.6) is 0 Å². The lowest BCUT2D eigenvalue weighted by atomic mass is 10.2. The third-order valence-corrected chi connectivity index (χ3v) is 8.01. The van der Waals surface area contributed by atoms with Gasteiger partial charge in [-0.1, -0.05) is 64.3 Å². The Morgan fingerprint density at radius 1 is 0.921 bits per heavy atom. The van der Waals surface area contributed by atoms with Crippen LogP contribution in [0.2, 0.25) is 15.1 Å². The number of hydrogen-bond acceptors (Lipinski definition) is 9. The van der Waals surface area contributed by atoms with Crippen LogP contribution in [0, 0.1) is 13.8 Å². The standard InChI is InChI=1S/C25H23Cl3N8OS/c1-14-5-3-7-17(27)21(14)32-22(37)19-13-29-25(38-19)34-23-30-15(2)31-24(33-23)36-11-9-35(10-12-36)18-8-4-6-16(26)20(18)28/h3-8,13H,9-12H2,1-2H3,(H,32,37)(H,29,30,31,33,34). The van der Waals surface area contributed by atoms with Gasteiger partial charge < -0.3 is 15.1 Å². The molecule has 0 saturated carbocycles. The summed E-state index contributed by atoms with van der Waals surface area (Å²) in [6, 6.07) is 11.1. The summed E-state index contributed by atoms with van der Waals surface area (Å²) in [4.78, 5) is 35.3. The smallest absolute Gasteiger partial charge is 0.267 e. The van der Waals surface area contributed by atoms with Crippen LogP contribution in [0.25, 0.3) is 0 Å². The summed E-state index contributed by atoms with van der Waals surface area (Å²) < 4.78 is 0. The first-order chi connectivity index (χ1) is 18.3. The van der Waals surface area contributed by atoms with Crippen molar-refractivity contribution < 1.29 is 4.79 Å². The second-order valence-electron chi connectivity index (χ2n) is 8.59. The number of carbonyl (C=O) groups excluding carboxylic acids is 1. The van der Waals surface area contributed by atoms with E-state index in [1.54, 1.807) is 12.1 Å². The summed E-state index contributed by atoms with van der Waals surface area (Å²) in [7, 11) is 0. The van der Waals surface area contributed by atoms with E-state index in [1.165, 1.54) is 17.5 Å². The Bertz CT molecular complexity index is 1470. The highest BCUT2D eigenvalue weighted by atomic mass is 35.5. The third kappa shape index (κ3) is 5.78. The lowest BCUT2D eigenvalue weighted by Gasteiger charge is -2.36. The molecule has 1 amide bonds. The Hall–Kier alpha value is -3.18. The molecule has 2 aromatic heterocycles. The zero-order valence-corrected chi connectivity index (χ0v) is 23.6. The first-order valence-corrected chi connectivity index (χ1v) is 13.7. The first kappa shape index (κ1) is 26.4. The van der Waals surface area contributed by atoms with Gasteiger partial charge in [-0.3, -0.25) is 10.1 Å². The van der Waals surface area contributed by atoms with Gasteiger partial charge in [0, 0.05) is 26.2 Å². The van der Waals surface area contributed by atoms with E-state index < -0.39 is 0 Å². The largest absolute Gasteiger partial charge is 0.367 e. The molecule has 0 aliphatic carbocycles. The maximum absolute atomic E-state index is 12.8. The highest BCUT2D eigenvalue weighted by Gasteiger charge is 2.22. The second kappa shape index (κ2) is 11.3. The normalized spacial score (nSPS) is 13.5. The molecular weight excluding hydrogens is 567 g/mol. The van der Waals surface area contributed by atoms with E-state index in [1.807, 2.05) is 38.1 Å². The number of piperazine rings is 1. The van der Waals surface area contributed by atoms with Crippen molar-refractivity contribution in [3.05, 3.63) is 73.9 Å². The molecule has 3 heterocycles. The summed E-state index contributed by atoms with van der Waals surface area (Å²) in [5.41, 5.74) is 2.37. The first-order valence-electron chi connectivity index (χ1n) is 11.7. The van der Waals surface area contributed by atoms with E-state index in [9.17, 15) is 4.79 Å². The molecule has 0 spiro atoms. The summed E-state index contributed by atoms with van der Waals surface area (Å²) in [6.45, 7) is 6.58. The number of halogens is 3. The minimum absolute atomic E-state index is 0.294. The Labute approximate surface area is 238 Å². The van der Waals surface area contributed by atoms with E-state index in [0.29, 0.717) is 61.6 Å². The van der Waals surface area contributed by atoms with E-state index >= 15 is 0 Å². The fourth-order valence-electron chi connectivity index (χ4n) is 4.05. The van der Waals surface area contributed by atoms with E-state index in [4.69, 9.17) is 34.8 Å². The van der Waals surface area contributed by atoms with Gasteiger partial charge in [-0.2, -0.15) is 15.0 Å². The molecule has 9 nitrogen and oxygen atoms in total. The van der Waals surface area contributed by atoms with Gasteiger partial charge in [0.2, 0.25) is 11.9 Å². The molecule has 1 fully saturated rings. The third-order valence-electron chi connectivity index (χ3n) is 5.98. The van der Waals surface area contributed by atoms with Crippen LogP contribution >= 0.6 is 46.1 Å². The fraction of sp³-hybridized carbons (Fsp3) is 0.240. The van der Waals surface area contributed by atoms with Gasteiger partial charge >= 0.3 is 0 Å². The summed E-state index contributed by atoms with van der Waals surface area (Å²) >= 11 is 20.0. The molecule has 1 aliphatic rings. The van der Waals surface area contributed by atoms with Crippen molar-refractivity contribution in [2.24, 2.45) is 0 Å². The second-order valence-corrected chi connectivity index (χ2v) is 10.8. The summed E-state index contributed by atoms with van der Waals surface area (Å²) in [5.74, 6) is 1.20. The molecule has 5 rings (SSSR count). The number of aromatic nitrogens is 4. The molecule has 0 bridgehead atoms. The number of hydrogen-bond donors (Lipinski definition) is 2. The van der Waals surface area contributed by atoms with Crippen LogP contribution in [-0.4, -0.2) is 52.0 Å². The zero-order valence-electron chi connectivity index (χ0n) is 20.5. The SMILES string of the molecule is Cc1nc(Nc2ncc(C(=O)Nc3c(C)cccc3Cl)s2)nc(N2CCN(c3cccc(Cl)c3Cl)CC2)n1. The average molecular weight is 590 g/mol. The Morgan fingerprint density at radius 3 is 2.39 bits per heavy atom. The lowest BCUT2D eigenvalue weighted by molar-refractivity contribution is 0.103. The van der Waals surface area contributed by atoms with Crippen LogP contribution < -0.4 is 20.4 Å². The van der Waals surface area contributed by atoms with Crippen LogP contribution in [0.4, 0.5) is 28.4 Å². The van der Waals surface area contributed by atoms with E-state index in [0.717, 1.165) is 24.3 Å². The maximum Gasteiger partial charge on any atom is 0.267 e. The van der Waals surface area contributed by atoms with Crippen LogP contribution in [-0.2, 0) is 0 Å². The molecule has 4 aromatic rings. The predicted molar refractivity (Wildman–Crippen MR) is 155 cm³/mol. The number of para-hydroxylation sites is 1. The van der Waals surface area contributed by atoms with Crippen molar-refractivity contribution in [1.29, 1.82) is 0 Å². The van der Waals surface area contributed by atoms with Crippen molar-refractivity contribution in [1.82, 2.24) is 19.9 Å². The number of anilines is 5. The number of carbonyl (C=O) groups is 1. The molecule has 2 N–H and O–H groups in total. The predicted octanol–water partition coefficient (Wildman–Crippen LogP) is 6.23. The van der Waals surface area contributed by atoms with Gasteiger partial charge in [-0.25, -0.2) is 4.98 Å². The Kier molecular flexibility index (Phi) is 7.85. The Balaban J connectivity index is 1.25. The van der Waals surface area contributed by atoms with Crippen LogP contribution in [0.1, 0.15) is 21.1 Å². The minimum Gasteiger partial charge on any atom is -0.367 e. The summed E-state index contributed by atoms with van der Waals surface area (Å²) in [6.07, 6.45) is 1.50. The van der Waals surface area contributed by atoms with E-state index in [2.05, 4.69) is 40.4 Å². The molecule has 13 heteroatoms. The zero-order chi connectivity index (χ0) is 26.8. The molecule has 196 valence electrons. The van der Waals surface area contributed by atoms with Gasteiger partial charge in [-0.05, 0) is 37.6 Å². The molecule has 38 heavy (non-hydrogen) atoms. The Morgan fingerprint density at radius 2 is 1.63 bits per heavy atom.